The number of guanidine groups is 1. The fraction of sp³-hybridized carbons (Fsp3) is 0. The van der Waals surface area contributed by atoms with Gasteiger partial charge in [0.25, 0.3) is 5.91 Å². The van der Waals surface area contributed by atoms with Gasteiger partial charge in [-0.3, -0.25) is 4.79 Å². The summed E-state index contributed by atoms with van der Waals surface area (Å²) in [6, 6.07) is 16.6. The zero-order chi connectivity index (χ0) is 18.0. The van der Waals surface area contributed by atoms with Crippen LogP contribution in [0.15, 0.2) is 59.6 Å². The van der Waals surface area contributed by atoms with Crippen molar-refractivity contribution in [1.29, 1.82) is 5.26 Å². The number of nitriles is 1. The predicted molar refractivity (Wildman–Crippen MR) is 94.2 cm³/mol. The van der Waals surface area contributed by atoms with E-state index in [1.807, 2.05) is 24.3 Å². The average Bonchev–Trinajstić information content (AvgIpc) is 2.60. The Morgan fingerprint density at radius 1 is 1.04 bits per heavy atom. The summed E-state index contributed by atoms with van der Waals surface area (Å²) >= 11 is 0. The number of amides is 1. The molecule has 5 nitrogen and oxygen atoms in total. The third-order valence-corrected chi connectivity index (χ3v) is 3.75. The summed E-state index contributed by atoms with van der Waals surface area (Å²) in [5.41, 5.74) is 12.3. The van der Waals surface area contributed by atoms with Crippen molar-refractivity contribution in [3.05, 3.63) is 71.5 Å². The van der Waals surface area contributed by atoms with Gasteiger partial charge in [0.15, 0.2) is 5.96 Å². The molecule has 0 saturated heterocycles. The Balaban J connectivity index is 2.25. The minimum atomic E-state index is -0.559. The molecule has 0 radical (unpaired) electrons. The fourth-order valence-electron chi connectivity index (χ4n) is 2.67. The summed E-state index contributed by atoms with van der Waals surface area (Å²) < 4.78 is 13.4. The van der Waals surface area contributed by atoms with Crippen molar-refractivity contribution in [3.8, 4) is 17.2 Å². The maximum atomic E-state index is 13.4. The van der Waals surface area contributed by atoms with E-state index >= 15 is 0 Å². The summed E-state index contributed by atoms with van der Waals surface area (Å²) in [5, 5.41) is 10.9. The van der Waals surface area contributed by atoms with Gasteiger partial charge in [-0.2, -0.15) is 10.3 Å². The maximum absolute atomic E-state index is 13.4. The summed E-state index contributed by atoms with van der Waals surface area (Å²) in [7, 11) is 0. The van der Waals surface area contributed by atoms with Gasteiger partial charge in [-0.05, 0) is 40.6 Å². The van der Waals surface area contributed by atoms with E-state index in [2.05, 4.69) is 4.99 Å². The molecular formula is C19H13FN4O. The second-order valence-corrected chi connectivity index (χ2v) is 5.39. The Labute approximate surface area is 143 Å². The number of carbonyl (C=O) groups is 1. The lowest BCUT2D eigenvalue weighted by Gasteiger charge is -2.10. The van der Waals surface area contributed by atoms with Crippen LogP contribution >= 0.6 is 0 Å². The van der Waals surface area contributed by atoms with Gasteiger partial charge in [-0.25, -0.2) is 4.39 Å². The van der Waals surface area contributed by atoms with E-state index < -0.39 is 11.7 Å². The van der Waals surface area contributed by atoms with Gasteiger partial charge in [0, 0.05) is 11.1 Å². The van der Waals surface area contributed by atoms with Gasteiger partial charge in [-0.1, -0.05) is 30.3 Å². The molecule has 6 heteroatoms. The van der Waals surface area contributed by atoms with Crippen LogP contribution in [0.2, 0.25) is 0 Å². The summed E-state index contributed by atoms with van der Waals surface area (Å²) in [6.45, 7) is 0. The fourth-order valence-corrected chi connectivity index (χ4v) is 2.67. The first-order valence-corrected chi connectivity index (χ1v) is 7.36. The number of rotatable bonds is 2. The van der Waals surface area contributed by atoms with Crippen LogP contribution in [0.5, 0.6) is 0 Å². The molecule has 3 aromatic carbocycles. The number of halogens is 1. The first kappa shape index (κ1) is 16.1. The Morgan fingerprint density at radius 3 is 2.56 bits per heavy atom. The number of nitrogens with zero attached hydrogens (tertiary/aromatic N) is 2. The van der Waals surface area contributed by atoms with Crippen LogP contribution < -0.4 is 11.5 Å². The average molecular weight is 332 g/mol. The third kappa shape index (κ3) is 3.16. The van der Waals surface area contributed by atoms with Crippen molar-refractivity contribution >= 4 is 22.6 Å². The first-order valence-electron chi connectivity index (χ1n) is 7.36. The molecule has 4 N–H and O–H groups in total. The predicted octanol–water partition coefficient (Wildman–Crippen LogP) is 2.93. The highest BCUT2D eigenvalue weighted by Gasteiger charge is 2.12. The van der Waals surface area contributed by atoms with E-state index in [0.29, 0.717) is 16.7 Å². The van der Waals surface area contributed by atoms with Crippen LogP contribution in [-0.4, -0.2) is 11.9 Å². The zero-order valence-corrected chi connectivity index (χ0v) is 13.0. The highest BCUT2D eigenvalue weighted by Crippen LogP contribution is 2.32. The zero-order valence-electron chi connectivity index (χ0n) is 13.0. The first-order chi connectivity index (χ1) is 12.0. The molecule has 0 heterocycles. The van der Waals surface area contributed by atoms with Crippen molar-refractivity contribution in [2.24, 2.45) is 16.5 Å². The van der Waals surface area contributed by atoms with Crippen molar-refractivity contribution in [2.75, 3.05) is 0 Å². The summed E-state index contributed by atoms with van der Waals surface area (Å²) in [5.74, 6) is -1.36. The van der Waals surface area contributed by atoms with E-state index in [0.717, 1.165) is 10.8 Å². The topological polar surface area (TPSA) is 105 Å². The molecule has 0 fully saturated rings. The molecule has 0 aromatic heterocycles. The number of hydrogen-bond acceptors (Lipinski definition) is 2. The van der Waals surface area contributed by atoms with Gasteiger partial charge in [0.05, 0.1) is 11.6 Å². The summed E-state index contributed by atoms with van der Waals surface area (Å²) in [6.07, 6.45) is 0. The lowest BCUT2D eigenvalue weighted by Crippen LogP contribution is -2.24. The van der Waals surface area contributed by atoms with E-state index in [-0.39, 0.29) is 11.5 Å². The molecular weight excluding hydrogens is 319 g/mol. The molecule has 0 unspecified atom stereocenters. The molecule has 0 bridgehead atoms. The van der Waals surface area contributed by atoms with E-state index in [9.17, 15) is 14.4 Å². The normalized spacial score (nSPS) is 10.2. The minimum absolute atomic E-state index is 0.216. The second kappa shape index (κ2) is 6.42. The SMILES string of the molecule is N#Cc1cc(F)ccc1-c1cccc2ccc(C(=O)N=C(N)N)cc12. The lowest BCUT2D eigenvalue weighted by atomic mass is 9.94. The van der Waals surface area contributed by atoms with Gasteiger partial charge >= 0.3 is 0 Å². The van der Waals surface area contributed by atoms with Crippen molar-refractivity contribution in [1.82, 2.24) is 0 Å². The molecule has 3 aromatic rings. The Bertz CT molecular complexity index is 1060. The largest absolute Gasteiger partial charge is 0.370 e. The monoisotopic (exact) mass is 332 g/mol. The number of hydrogen-bond donors (Lipinski definition) is 2. The third-order valence-electron chi connectivity index (χ3n) is 3.75. The van der Waals surface area contributed by atoms with Crippen molar-refractivity contribution < 1.29 is 9.18 Å². The van der Waals surface area contributed by atoms with Crippen LogP contribution in [0.3, 0.4) is 0 Å². The Hall–Kier alpha value is -3.72. The van der Waals surface area contributed by atoms with Crippen LogP contribution in [0, 0.1) is 17.1 Å². The molecule has 0 aliphatic heterocycles. The quantitative estimate of drug-likeness (QED) is 0.556. The Kier molecular flexibility index (Phi) is 4.14. The molecule has 1 amide bonds. The van der Waals surface area contributed by atoms with E-state index in [1.54, 1.807) is 24.3 Å². The molecule has 0 aliphatic carbocycles. The molecule has 122 valence electrons. The lowest BCUT2D eigenvalue weighted by molar-refractivity contribution is 0.100. The molecule has 0 atom stereocenters. The van der Waals surface area contributed by atoms with Crippen LogP contribution in [0.25, 0.3) is 21.9 Å². The number of nitrogens with two attached hydrogens (primary N) is 2. The highest BCUT2D eigenvalue weighted by molar-refractivity contribution is 6.06. The standard InChI is InChI=1S/C19H13FN4O/c20-14-6-7-15(13(8-14)10-21)16-3-1-2-11-4-5-12(9-17(11)16)18(25)24-19(22)23/h1-9H,(H4,22,23,24,25). The minimum Gasteiger partial charge on any atom is -0.370 e. The molecule has 25 heavy (non-hydrogen) atoms. The molecule has 0 aliphatic rings. The number of benzene rings is 3. The van der Waals surface area contributed by atoms with Crippen LogP contribution in [-0.2, 0) is 0 Å². The molecule has 0 saturated carbocycles. The second-order valence-electron chi connectivity index (χ2n) is 5.39. The van der Waals surface area contributed by atoms with Crippen molar-refractivity contribution in [2.45, 2.75) is 0 Å². The number of carbonyl (C=O) groups excluding carboxylic acids is 1. The van der Waals surface area contributed by atoms with Crippen LogP contribution in [0.1, 0.15) is 15.9 Å². The summed E-state index contributed by atoms with van der Waals surface area (Å²) in [4.78, 5) is 15.6. The van der Waals surface area contributed by atoms with E-state index in [4.69, 9.17) is 11.5 Å². The van der Waals surface area contributed by atoms with E-state index in [1.165, 1.54) is 12.1 Å². The number of fused-ring (bicyclic) bond motifs is 1. The van der Waals surface area contributed by atoms with Gasteiger partial charge in [0.2, 0.25) is 0 Å². The van der Waals surface area contributed by atoms with Gasteiger partial charge < -0.3 is 11.5 Å². The maximum Gasteiger partial charge on any atom is 0.280 e. The van der Waals surface area contributed by atoms with Crippen LogP contribution in [0.4, 0.5) is 4.39 Å². The van der Waals surface area contributed by atoms with Crippen molar-refractivity contribution in [3.63, 3.8) is 0 Å². The highest BCUT2D eigenvalue weighted by atomic mass is 19.1. The van der Waals surface area contributed by atoms with Gasteiger partial charge in [0.1, 0.15) is 5.82 Å². The smallest absolute Gasteiger partial charge is 0.280 e. The van der Waals surface area contributed by atoms with Gasteiger partial charge in [-0.15, -0.1) is 0 Å². The molecule has 0 spiro atoms. The molecule has 3 rings (SSSR count). The Morgan fingerprint density at radius 2 is 1.84 bits per heavy atom. The number of aliphatic imine (C=N–C) groups is 1.